The van der Waals surface area contributed by atoms with E-state index in [1.807, 2.05) is 36.4 Å². The number of carbonyl (C=O) groups is 1. The largest absolute Gasteiger partial charge is 0.497 e. The fourth-order valence-corrected chi connectivity index (χ4v) is 3.01. The molecule has 1 heterocycles. The highest BCUT2D eigenvalue weighted by atomic mass is 32.1. The lowest BCUT2D eigenvalue weighted by molar-refractivity contribution is 0.0966. The summed E-state index contributed by atoms with van der Waals surface area (Å²) in [5.41, 5.74) is 12.6. The molecule has 0 aliphatic heterocycles. The van der Waals surface area contributed by atoms with E-state index < -0.39 is 0 Å². The molecule has 112 valence electrons. The normalized spacial score (nSPS) is 10.4. The van der Waals surface area contributed by atoms with Crippen LogP contribution in [0.15, 0.2) is 48.5 Å². The molecule has 3 rings (SSSR count). The Hall–Kier alpha value is -2.73. The highest BCUT2D eigenvalue weighted by molar-refractivity contribution is 7.20. The monoisotopic (exact) mass is 313 g/mol. The Morgan fingerprint density at radius 3 is 2.82 bits per heavy atom. The van der Waals surface area contributed by atoms with Crippen molar-refractivity contribution in [2.75, 3.05) is 18.3 Å². The number of carbonyl (C=O) groups excluding carboxylic acids is 1. The smallest absolute Gasteiger partial charge is 0.279 e. The summed E-state index contributed by atoms with van der Waals surface area (Å²) in [6.45, 7) is 0. The fourth-order valence-electron chi connectivity index (χ4n) is 2.07. The summed E-state index contributed by atoms with van der Waals surface area (Å²) in [6.07, 6.45) is 0. The maximum atomic E-state index is 12.2. The van der Waals surface area contributed by atoms with E-state index in [1.165, 1.54) is 11.3 Å². The van der Waals surface area contributed by atoms with Gasteiger partial charge in [-0.2, -0.15) is 0 Å². The van der Waals surface area contributed by atoms with Crippen molar-refractivity contribution < 1.29 is 9.53 Å². The molecule has 1 amide bonds. The first-order valence-electron chi connectivity index (χ1n) is 6.65. The van der Waals surface area contributed by atoms with Crippen molar-refractivity contribution >= 4 is 38.7 Å². The highest BCUT2D eigenvalue weighted by Crippen LogP contribution is 2.28. The average Bonchev–Trinajstić information content (AvgIpc) is 2.95. The molecule has 1 aromatic heterocycles. The number of fused-ring (bicyclic) bond motifs is 1. The van der Waals surface area contributed by atoms with Crippen LogP contribution in [0, 0.1) is 0 Å². The van der Waals surface area contributed by atoms with Crippen molar-refractivity contribution in [3.8, 4) is 5.75 Å². The van der Waals surface area contributed by atoms with Crippen LogP contribution in [0.1, 0.15) is 9.67 Å². The van der Waals surface area contributed by atoms with E-state index in [4.69, 9.17) is 10.5 Å². The van der Waals surface area contributed by atoms with Crippen LogP contribution in [0.4, 0.5) is 11.4 Å². The van der Waals surface area contributed by atoms with Crippen molar-refractivity contribution in [1.29, 1.82) is 0 Å². The van der Waals surface area contributed by atoms with Gasteiger partial charge in [0.15, 0.2) is 0 Å². The molecular weight excluding hydrogens is 298 g/mol. The molecule has 0 unspecified atom stereocenters. The van der Waals surface area contributed by atoms with Gasteiger partial charge in [0.1, 0.15) is 5.75 Å². The maximum absolute atomic E-state index is 12.2. The van der Waals surface area contributed by atoms with E-state index in [0.29, 0.717) is 10.6 Å². The van der Waals surface area contributed by atoms with Gasteiger partial charge < -0.3 is 10.5 Å². The minimum atomic E-state index is -0.192. The molecule has 6 heteroatoms. The summed E-state index contributed by atoms with van der Waals surface area (Å²) in [5, 5.41) is 0.985. The van der Waals surface area contributed by atoms with Crippen LogP contribution >= 0.6 is 11.3 Å². The lowest BCUT2D eigenvalue weighted by Crippen LogP contribution is -2.28. The topological polar surface area (TPSA) is 76.4 Å². The van der Waals surface area contributed by atoms with E-state index in [-0.39, 0.29) is 5.91 Å². The minimum Gasteiger partial charge on any atom is -0.497 e. The molecular formula is C16H15N3O2S. The molecule has 0 fully saturated rings. The predicted octanol–water partition coefficient (Wildman–Crippen LogP) is 3.25. The Bertz CT molecular complexity index is 829. The van der Waals surface area contributed by atoms with E-state index in [9.17, 15) is 4.79 Å². The zero-order chi connectivity index (χ0) is 15.5. The van der Waals surface area contributed by atoms with Crippen LogP contribution in [0.3, 0.4) is 0 Å². The van der Waals surface area contributed by atoms with Crippen LogP contribution in [-0.4, -0.2) is 13.0 Å². The number of methoxy groups -OCH3 is 1. The van der Waals surface area contributed by atoms with Gasteiger partial charge in [0, 0.05) is 10.4 Å². The summed E-state index contributed by atoms with van der Waals surface area (Å²) in [7, 11) is 1.62. The second-order valence-electron chi connectivity index (χ2n) is 4.72. The number of rotatable bonds is 4. The Kier molecular flexibility index (Phi) is 3.84. The van der Waals surface area contributed by atoms with Gasteiger partial charge in [-0.1, -0.05) is 6.07 Å². The zero-order valence-electron chi connectivity index (χ0n) is 11.9. The number of benzene rings is 2. The van der Waals surface area contributed by atoms with Crippen molar-refractivity contribution in [3.63, 3.8) is 0 Å². The molecule has 0 atom stereocenters. The molecule has 2 aromatic carbocycles. The van der Waals surface area contributed by atoms with E-state index >= 15 is 0 Å². The lowest BCUT2D eigenvalue weighted by atomic mass is 10.2. The zero-order valence-corrected chi connectivity index (χ0v) is 12.7. The van der Waals surface area contributed by atoms with E-state index in [1.54, 1.807) is 19.2 Å². The van der Waals surface area contributed by atoms with Crippen LogP contribution in [0.2, 0.25) is 0 Å². The number of hydrazine groups is 1. The number of thiophene rings is 1. The van der Waals surface area contributed by atoms with Gasteiger partial charge in [-0.3, -0.25) is 15.6 Å². The minimum absolute atomic E-state index is 0.192. The Morgan fingerprint density at radius 1 is 1.18 bits per heavy atom. The number of ether oxygens (including phenoxy) is 1. The molecule has 5 nitrogen and oxygen atoms in total. The van der Waals surface area contributed by atoms with Crippen molar-refractivity contribution in [2.45, 2.75) is 0 Å². The van der Waals surface area contributed by atoms with Crippen molar-refractivity contribution in [3.05, 3.63) is 53.4 Å². The Labute approximate surface area is 131 Å². The van der Waals surface area contributed by atoms with Crippen molar-refractivity contribution in [2.24, 2.45) is 0 Å². The Morgan fingerprint density at radius 2 is 2.05 bits per heavy atom. The third kappa shape index (κ3) is 2.96. The van der Waals surface area contributed by atoms with Gasteiger partial charge in [0.2, 0.25) is 0 Å². The van der Waals surface area contributed by atoms with Crippen LogP contribution in [0.25, 0.3) is 10.1 Å². The standard InChI is InChI=1S/C16H15N3O2S/c1-21-13-5-6-14-10(7-13)8-15(22-14)16(20)19-18-12-4-2-3-11(17)9-12/h2-9,18H,17H2,1H3,(H,19,20). The second kappa shape index (κ2) is 5.95. The number of nitrogens with one attached hydrogen (secondary N) is 2. The molecule has 0 saturated heterocycles. The number of amides is 1. The highest BCUT2D eigenvalue weighted by Gasteiger charge is 2.10. The number of nitrogens with two attached hydrogens (primary N) is 1. The van der Waals surface area contributed by atoms with Crippen LogP contribution in [0.5, 0.6) is 5.75 Å². The SMILES string of the molecule is COc1ccc2sc(C(=O)NNc3cccc(N)c3)cc2c1. The molecule has 0 aliphatic carbocycles. The third-order valence-electron chi connectivity index (χ3n) is 3.15. The quantitative estimate of drug-likeness (QED) is 0.510. The molecule has 0 bridgehead atoms. The number of anilines is 2. The Balaban J connectivity index is 1.74. The summed E-state index contributed by atoms with van der Waals surface area (Å²) < 4.78 is 6.23. The molecule has 0 spiro atoms. The van der Waals surface area contributed by atoms with Gasteiger partial charge in [-0.15, -0.1) is 11.3 Å². The lowest BCUT2D eigenvalue weighted by Gasteiger charge is -2.07. The molecule has 4 N–H and O–H groups in total. The molecule has 0 saturated carbocycles. The summed E-state index contributed by atoms with van der Waals surface area (Å²) in [4.78, 5) is 12.8. The van der Waals surface area contributed by atoms with Gasteiger partial charge in [-0.05, 0) is 47.9 Å². The summed E-state index contributed by atoms with van der Waals surface area (Å²) in [6, 6.07) is 14.8. The first kappa shape index (κ1) is 14.2. The first-order valence-corrected chi connectivity index (χ1v) is 7.47. The number of nitrogen functional groups attached to an aromatic ring is 1. The summed E-state index contributed by atoms with van der Waals surface area (Å²) >= 11 is 1.43. The second-order valence-corrected chi connectivity index (χ2v) is 5.80. The van der Waals surface area contributed by atoms with Crippen molar-refractivity contribution in [1.82, 2.24) is 5.43 Å². The average molecular weight is 313 g/mol. The van der Waals surface area contributed by atoms with Crippen LogP contribution < -0.4 is 21.3 Å². The number of hydrogen-bond acceptors (Lipinski definition) is 5. The predicted molar refractivity (Wildman–Crippen MR) is 90.3 cm³/mol. The molecule has 0 aliphatic rings. The molecule has 0 radical (unpaired) electrons. The summed E-state index contributed by atoms with van der Waals surface area (Å²) in [5.74, 6) is 0.581. The maximum Gasteiger partial charge on any atom is 0.279 e. The third-order valence-corrected chi connectivity index (χ3v) is 4.27. The van der Waals surface area contributed by atoms with Gasteiger partial charge >= 0.3 is 0 Å². The van der Waals surface area contributed by atoms with Gasteiger partial charge in [0.25, 0.3) is 5.91 Å². The molecule has 22 heavy (non-hydrogen) atoms. The molecule has 3 aromatic rings. The van der Waals surface area contributed by atoms with Gasteiger partial charge in [0.05, 0.1) is 17.7 Å². The fraction of sp³-hybridized carbons (Fsp3) is 0.0625. The van der Waals surface area contributed by atoms with Gasteiger partial charge in [-0.25, -0.2) is 0 Å². The number of hydrogen-bond donors (Lipinski definition) is 3. The van der Waals surface area contributed by atoms with Crippen LogP contribution in [-0.2, 0) is 0 Å². The first-order chi connectivity index (χ1) is 10.7. The van der Waals surface area contributed by atoms with E-state index in [0.717, 1.165) is 21.5 Å². The van der Waals surface area contributed by atoms with E-state index in [2.05, 4.69) is 10.9 Å².